The van der Waals surface area contributed by atoms with Crippen LogP contribution in [-0.4, -0.2) is 31.6 Å². The number of nitrogens with zero attached hydrogens (tertiary/aromatic N) is 1. The standard InChI is InChI=1S/C20H23NO3/c1-23-17-10-8-16(9-11-17)19-7-4-12-21(19)20(22)14-15-5-3-6-18(13-15)24-2/h3,5-6,8-11,13,19H,4,7,12,14H2,1-2H3/t19-/m0/s1. The molecule has 3 rings (SSSR count). The number of amides is 1. The van der Waals surface area contributed by atoms with Crippen LogP contribution in [0.4, 0.5) is 0 Å². The highest BCUT2D eigenvalue weighted by Crippen LogP contribution is 2.33. The number of likely N-dealkylation sites (tertiary alicyclic amines) is 1. The molecule has 4 heteroatoms. The fourth-order valence-corrected chi connectivity index (χ4v) is 3.30. The third kappa shape index (κ3) is 3.53. The number of carbonyl (C=O) groups excluding carboxylic acids is 1. The molecule has 0 N–H and O–H groups in total. The summed E-state index contributed by atoms with van der Waals surface area (Å²) in [6.07, 6.45) is 2.46. The Kier molecular flexibility index (Phi) is 5.04. The van der Waals surface area contributed by atoms with Gasteiger partial charge in [0.2, 0.25) is 5.91 Å². The summed E-state index contributed by atoms with van der Waals surface area (Å²) in [6.45, 7) is 0.819. The minimum atomic E-state index is 0.161. The maximum Gasteiger partial charge on any atom is 0.227 e. The summed E-state index contributed by atoms with van der Waals surface area (Å²) in [4.78, 5) is 14.8. The van der Waals surface area contributed by atoms with E-state index in [4.69, 9.17) is 9.47 Å². The van der Waals surface area contributed by atoms with Crippen molar-refractivity contribution >= 4 is 5.91 Å². The van der Waals surface area contributed by atoms with Crippen LogP contribution in [0.25, 0.3) is 0 Å². The summed E-state index contributed by atoms with van der Waals surface area (Å²) in [6, 6.07) is 15.9. The van der Waals surface area contributed by atoms with Crippen LogP contribution in [0.3, 0.4) is 0 Å². The highest BCUT2D eigenvalue weighted by molar-refractivity contribution is 5.79. The Bertz CT molecular complexity index is 696. The molecule has 24 heavy (non-hydrogen) atoms. The van der Waals surface area contributed by atoms with Gasteiger partial charge in [-0.1, -0.05) is 24.3 Å². The van der Waals surface area contributed by atoms with E-state index < -0.39 is 0 Å². The summed E-state index contributed by atoms with van der Waals surface area (Å²) < 4.78 is 10.5. The van der Waals surface area contributed by atoms with Crippen molar-refractivity contribution < 1.29 is 14.3 Å². The summed E-state index contributed by atoms with van der Waals surface area (Å²) >= 11 is 0. The lowest BCUT2D eigenvalue weighted by molar-refractivity contribution is -0.131. The topological polar surface area (TPSA) is 38.8 Å². The van der Waals surface area contributed by atoms with E-state index in [9.17, 15) is 4.79 Å². The molecule has 2 aromatic rings. The Morgan fingerprint density at radius 1 is 1.08 bits per heavy atom. The summed E-state index contributed by atoms with van der Waals surface area (Å²) in [5, 5.41) is 0. The van der Waals surface area contributed by atoms with Gasteiger partial charge in [-0.3, -0.25) is 4.79 Å². The van der Waals surface area contributed by atoms with Crippen LogP contribution in [0.2, 0.25) is 0 Å². The summed E-state index contributed by atoms with van der Waals surface area (Å²) in [7, 11) is 3.30. The number of methoxy groups -OCH3 is 2. The molecule has 1 atom stereocenters. The average molecular weight is 325 g/mol. The molecule has 1 heterocycles. The summed E-state index contributed by atoms with van der Waals surface area (Å²) in [5.41, 5.74) is 2.16. The highest BCUT2D eigenvalue weighted by atomic mass is 16.5. The van der Waals surface area contributed by atoms with Crippen molar-refractivity contribution in [3.8, 4) is 11.5 Å². The second kappa shape index (κ2) is 7.39. The predicted octanol–water partition coefficient (Wildman–Crippen LogP) is 3.61. The Labute approximate surface area is 143 Å². The van der Waals surface area contributed by atoms with Crippen LogP contribution in [0.15, 0.2) is 48.5 Å². The molecule has 0 spiro atoms. The monoisotopic (exact) mass is 325 g/mol. The first-order valence-corrected chi connectivity index (χ1v) is 8.27. The zero-order chi connectivity index (χ0) is 16.9. The molecule has 0 radical (unpaired) electrons. The van der Waals surface area contributed by atoms with Gasteiger partial charge in [-0.25, -0.2) is 0 Å². The van der Waals surface area contributed by atoms with E-state index in [1.165, 1.54) is 5.56 Å². The third-order valence-electron chi connectivity index (χ3n) is 4.56. The SMILES string of the molecule is COc1ccc([C@@H]2CCCN2C(=O)Cc2cccc(OC)c2)cc1. The van der Waals surface area contributed by atoms with Crippen LogP contribution in [0.1, 0.15) is 30.0 Å². The summed E-state index contributed by atoms with van der Waals surface area (Å²) in [5.74, 6) is 1.79. The van der Waals surface area contributed by atoms with Crippen molar-refractivity contribution in [1.82, 2.24) is 4.90 Å². The Morgan fingerprint density at radius 2 is 1.83 bits per heavy atom. The zero-order valence-electron chi connectivity index (χ0n) is 14.2. The van der Waals surface area contributed by atoms with Crippen LogP contribution in [0, 0.1) is 0 Å². The van der Waals surface area contributed by atoms with Crippen molar-refractivity contribution in [3.05, 3.63) is 59.7 Å². The molecule has 2 aromatic carbocycles. The molecule has 126 valence electrons. The second-order valence-corrected chi connectivity index (χ2v) is 6.05. The molecule has 0 aromatic heterocycles. The minimum absolute atomic E-state index is 0.161. The molecule has 1 fully saturated rings. The molecular formula is C20H23NO3. The zero-order valence-corrected chi connectivity index (χ0v) is 14.2. The van der Waals surface area contributed by atoms with E-state index in [2.05, 4.69) is 12.1 Å². The van der Waals surface area contributed by atoms with Crippen LogP contribution < -0.4 is 9.47 Å². The van der Waals surface area contributed by atoms with Gasteiger partial charge < -0.3 is 14.4 Å². The number of ether oxygens (including phenoxy) is 2. The second-order valence-electron chi connectivity index (χ2n) is 6.05. The Morgan fingerprint density at radius 3 is 2.54 bits per heavy atom. The first-order chi connectivity index (χ1) is 11.7. The van der Waals surface area contributed by atoms with Crippen molar-refractivity contribution in [3.63, 3.8) is 0 Å². The third-order valence-corrected chi connectivity index (χ3v) is 4.56. The number of hydrogen-bond donors (Lipinski definition) is 0. The Balaban J connectivity index is 1.72. The number of rotatable bonds is 5. The van der Waals surface area contributed by atoms with Gasteiger partial charge in [0, 0.05) is 6.54 Å². The van der Waals surface area contributed by atoms with E-state index in [1.807, 2.05) is 41.3 Å². The largest absolute Gasteiger partial charge is 0.497 e. The van der Waals surface area contributed by atoms with Crippen molar-refractivity contribution in [2.75, 3.05) is 20.8 Å². The molecule has 1 aliphatic rings. The van der Waals surface area contributed by atoms with Crippen molar-refractivity contribution in [2.45, 2.75) is 25.3 Å². The van der Waals surface area contributed by atoms with Crippen molar-refractivity contribution in [2.24, 2.45) is 0 Å². The normalized spacial score (nSPS) is 16.9. The smallest absolute Gasteiger partial charge is 0.227 e. The molecule has 0 aliphatic carbocycles. The molecular weight excluding hydrogens is 302 g/mol. The maximum absolute atomic E-state index is 12.8. The quantitative estimate of drug-likeness (QED) is 0.843. The Hall–Kier alpha value is -2.49. The lowest BCUT2D eigenvalue weighted by Gasteiger charge is -2.25. The van der Waals surface area contributed by atoms with E-state index in [0.29, 0.717) is 6.42 Å². The first kappa shape index (κ1) is 16.4. The van der Waals surface area contributed by atoms with Crippen molar-refractivity contribution in [1.29, 1.82) is 0 Å². The molecule has 4 nitrogen and oxygen atoms in total. The van der Waals surface area contributed by atoms with Gasteiger partial charge in [-0.05, 0) is 48.2 Å². The lowest BCUT2D eigenvalue weighted by Crippen LogP contribution is -2.31. The number of hydrogen-bond acceptors (Lipinski definition) is 3. The van der Waals surface area contributed by atoms with Gasteiger partial charge >= 0.3 is 0 Å². The van der Waals surface area contributed by atoms with Crippen LogP contribution >= 0.6 is 0 Å². The van der Waals surface area contributed by atoms with Gasteiger partial charge in [0.25, 0.3) is 0 Å². The highest BCUT2D eigenvalue weighted by Gasteiger charge is 2.29. The predicted molar refractivity (Wildman–Crippen MR) is 93.4 cm³/mol. The molecule has 0 bridgehead atoms. The van der Waals surface area contributed by atoms with Gasteiger partial charge in [0.1, 0.15) is 11.5 Å². The molecule has 1 aliphatic heterocycles. The van der Waals surface area contributed by atoms with E-state index >= 15 is 0 Å². The van der Waals surface area contributed by atoms with E-state index in [0.717, 1.165) is 36.4 Å². The minimum Gasteiger partial charge on any atom is -0.497 e. The first-order valence-electron chi connectivity index (χ1n) is 8.27. The van der Waals surface area contributed by atoms with Crippen LogP contribution in [-0.2, 0) is 11.2 Å². The molecule has 1 amide bonds. The van der Waals surface area contributed by atoms with Gasteiger partial charge in [-0.2, -0.15) is 0 Å². The molecule has 1 saturated heterocycles. The van der Waals surface area contributed by atoms with E-state index in [-0.39, 0.29) is 11.9 Å². The fourth-order valence-electron chi connectivity index (χ4n) is 3.30. The van der Waals surface area contributed by atoms with Crippen LogP contribution in [0.5, 0.6) is 11.5 Å². The van der Waals surface area contributed by atoms with Gasteiger partial charge in [0.05, 0.1) is 26.7 Å². The molecule has 0 saturated carbocycles. The van der Waals surface area contributed by atoms with Gasteiger partial charge in [-0.15, -0.1) is 0 Å². The van der Waals surface area contributed by atoms with Gasteiger partial charge in [0.15, 0.2) is 0 Å². The number of benzene rings is 2. The lowest BCUT2D eigenvalue weighted by atomic mass is 10.0. The average Bonchev–Trinajstić information content (AvgIpc) is 3.12. The maximum atomic E-state index is 12.8. The molecule has 0 unspecified atom stereocenters. The fraction of sp³-hybridized carbons (Fsp3) is 0.350. The number of carbonyl (C=O) groups is 1. The van der Waals surface area contributed by atoms with E-state index in [1.54, 1.807) is 14.2 Å².